The van der Waals surface area contributed by atoms with Gasteiger partial charge in [0.2, 0.25) is 0 Å². The zero-order valence-corrected chi connectivity index (χ0v) is 14.7. The Morgan fingerprint density at radius 1 is 0.875 bits per heavy atom. The molecule has 6 nitrogen and oxygen atoms in total. The minimum atomic E-state index is 0.356. The number of likely N-dealkylation sites (tertiary alicyclic amines) is 2. The third-order valence-corrected chi connectivity index (χ3v) is 8.29. The van der Waals surface area contributed by atoms with E-state index < -0.39 is 0 Å². The first kappa shape index (κ1) is 14.9. The van der Waals surface area contributed by atoms with E-state index in [9.17, 15) is 0 Å². The van der Waals surface area contributed by atoms with Crippen molar-refractivity contribution in [3.05, 3.63) is 0 Å². The van der Waals surface area contributed by atoms with Gasteiger partial charge in [-0.05, 0) is 45.1 Å². The molecule has 6 aliphatic rings. The third kappa shape index (κ3) is 1.87. The van der Waals surface area contributed by atoms with Crippen LogP contribution in [0.4, 0.5) is 0 Å². The molecule has 134 valence electrons. The molecule has 6 heteroatoms. The van der Waals surface area contributed by atoms with Gasteiger partial charge in [-0.1, -0.05) is 0 Å². The summed E-state index contributed by atoms with van der Waals surface area (Å²) in [6, 6.07) is 0.761. The van der Waals surface area contributed by atoms with Crippen LogP contribution in [0.2, 0.25) is 0 Å². The summed E-state index contributed by atoms with van der Waals surface area (Å²) in [5.74, 6) is 0. The summed E-state index contributed by atoms with van der Waals surface area (Å²) in [5, 5.41) is 15.0. The van der Waals surface area contributed by atoms with Crippen LogP contribution >= 0.6 is 0 Å². The maximum atomic E-state index is 3.92. The van der Waals surface area contributed by atoms with E-state index in [0.29, 0.717) is 22.9 Å². The smallest absolute Gasteiger partial charge is 0.0737 e. The minimum absolute atomic E-state index is 0.356. The Balaban J connectivity index is 1.14. The lowest BCUT2D eigenvalue weighted by atomic mass is 9.79. The van der Waals surface area contributed by atoms with E-state index in [1.165, 1.54) is 84.3 Å². The molecule has 4 N–H and O–H groups in total. The SMILES string of the molecule is C1CNC2(C1)CCN2C1CC2(CCN2C2CNC3(CNC3)C2)CN1. The molecule has 0 aromatic carbocycles. The molecule has 0 amide bonds. The highest BCUT2D eigenvalue weighted by atomic mass is 15.5. The van der Waals surface area contributed by atoms with Crippen LogP contribution in [0, 0.1) is 0 Å². The van der Waals surface area contributed by atoms with Crippen LogP contribution in [0.5, 0.6) is 0 Å². The molecule has 6 heterocycles. The minimum Gasteiger partial charge on any atom is -0.313 e. The van der Waals surface area contributed by atoms with Crippen LogP contribution < -0.4 is 21.3 Å². The number of hydrogen-bond donors (Lipinski definition) is 4. The lowest BCUT2D eigenvalue weighted by molar-refractivity contribution is -0.0822. The van der Waals surface area contributed by atoms with Gasteiger partial charge in [-0.3, -0.25) is 20.4 Å². The quantitative estimate of drug-likeness (QED) is 0.533. The fraction of sp³-hybridized carbons (Fsp3) is 1.00. The van der Waals surface area contributed by atoms with Gasteiger partial charge in [-0.2, -0.15) is 0 Å². The van der Waals surface area contributed by atoms with E-state index in [-0.39, 0.29) is 0 Å². The molecule has 0 aliphatic carbocycles. The second kappa shape index (κ2) is 4.93. The molecule has 0 aromatic rings. The van der Waals surface area contributed by atoms with E-state index in [0.717, 1.165) is 6.04 Å². The van der Waals surface area contributed by atoms with E-state index in [1.807, 2.05) is 0 Å². The Morgan fingerprint density at radius 3 is 2.38 bits per heavy atom. The molecular formula is C18H32N6. The van der Waals surface area contributed by atoms with Crippen molar-refractivity contribution in [2.75, 3.05) is 45.8 Å². The molecule has 0 saturated carbocycles. The molecule has 6 aliphatic heterocycles. The molecule has 4 atom stereocenters. The maximum Gasteiger partial charge on any atom is 0.0737 e. The number of nitrogens with zero attached hydrogens (tertiary/aromatic N) is 2. The molecule has 0 radical (unpaired) electrons. The van der Waals surface area contributed by atoms with Crippen LogP contribution in [0.3, 0.4) is 0 Å². The van der Waals surface area contributed by atoms with Gasteiger partial charge in [0, 0.05) is 56.4 Å². The van der Waals surface area contributed by atoms with E-state index in [1.54, 1.807) is 0 Å². The summed E-state index contributed by atoms with van der Waals surface area (Å²) in [7, 11) is 0. The number of hydrogen-bond acceptors (Lipinski definition) is 6. The molecule has 3 spiro atoms. The van der Waals surface area contributed by atoms with Gasteiger partial charge < -0.3 is 10.6 Å². The summed E-state index contributed by atoms with van der Waals surface area (Å²) >= 11 is 0. The molecule has 0 bridgehead atoms. The van der Waals surface area contributed by atoms with Crippen molar-refractivity contribution in [3.8, 4) is 0 Å². The maximum absolute atomic E-state index is 3.92. The van der Waals surface area contributed by atoms with Crippen LogP contribution in [-0.2, 0) is 0 Å². The molecule has 0 aromatic heterocycles. The summed E-state index contributed by atoms with van der Waals surface area (Å²) in [5.41, 5.74) is 1.24. The van der Waals surface area contributed by atoms with Gasteiger partial charge in [-0.25, -0.2) is 0 Å². The lowest BCUT2D eigenvalue weighted by Crippen LogP contribution is -2.70. The Morgan fingerprint density at radius 2 is 1.79 bits per heavy atom. The van der Waals surface area contributed by atoms with Gasteiger partial charge in [0.15, 0.2) is 0 Å². The van der Waals surface area contributed by atoms with E-state index in [2.05, 4.69) is 31.1 Å². The van der Waals surface area contributed by atoms with Gasteiger partial charge >= 0.3 is 0 Å². The van der Waals surface area contributed by atoms with Gasteiger partial charge in [0.05, 0.1) is 11.8 Å². The van der Waals surface area contributed by atoms with Crippen molar-refractivity contribution in [2.24, 2.45) is 0 Å². The zero-order valence-electron chi connectivity index (χ0n) is 14.7. The largest absolute Gasteiger partial charge is 0.313 e. The van der Waals surface area contributed by atoms with Crippen molar-refractivity contribution in [1.82, 2.24) is 31.1 Å². The fourth-order valence-electron chi connectivity index (χ4n) is 6.63. The van der Waals surface area contributed by atoms with E-state index in [4.69, 9.17) is 0 Å². The lowest BCUT2D eigenvalue weighted by Gasteiger charge is -2.56. The first-order chi connectivity index (χ1) is 11.7. The van der Waals surface area contributed by atoms with Crippen molar-refractivity contribution in [1.29, 1.82) is 0 Å². The molecular weight excluding hydrogens is 300 g/mol. The van der Waals surface area contributed by atoms with Gasteiger partial charge in [-0.15, -0.1) is 0 Å². The monoisotopic (exact) mass is 332 g/mol. The van der Waals surface area contributed by atoms with Crippen molar-refractivity contribution >= 4 is 0 Å². The molecule has 6 saturated heterocycles. The highest BCUT2D eigenvalue weighted by molar-refractivity contribution is 5.16. The van der Waals surface area contributed by atoms with Gasteiger partial charge in [0.1, 0.15) is 0 Å². The van der Waals surface area contributed by atoms with Crippen LogP contribution in [0.15, 0.2) is 0 Å². The highest BCUT2D eigenvalue weighted by Gasteiger charge is 2.59. The highest BCUT2D eigenvalue weighted by Crippen LogP contribution is 2.46. The molecule has 6 rings (SSSR count). The molecule has 4 unspecified atom stereocenters. The standard InChI is InChI=1S/C18H32N6/c1-2-18(21-5-1)4-7-24(18)15-9-17(13-20-15)3-6-23(17)14-8-16(22-10-14)11-19-12-16/h14-15,19-22H,1-13H2. The average molecular weight is 332 g/mol. The number of rotatable bonds is 2. The second-order valence-electron chi connectivity index (χ2n) is 9.40. The number of nitrogens with one attached hydrogen (secondary N) is 4. The van der Waals surface area contributed by atoms with Crippen molar-refractivity contribution in [2.45, 2.75) is 67.5 Å². The summed E-state index contributed by atoms with van der Waals surface area (Å²) < 4.78 is 0. The summed E-state index contributed by atoms with van der Waals surface area (Å²) in [6.45, 7) is 8.55. The average Bonchev–Trinajstić information content (AvgIpc) is 3.24. The summed E-state index contributed by atoms with van der Waals surface area (Å²) in [4.78, 5) is 5.63. The van der Waals surface area contributed by atoms with Crippen LogP contribution in [0.1, 0.15) is 38.5 Å². The Labute approximate surface area is 145 Å². The topological polar surface area (TPSA) is 54.6 Å². The summed E-state index contributed by atoms with van der Waals surface area (Å²) in [6.07, 6.45) is 8.73. The van der Waals surface area contributed by atoms with Crippen LogP contribution in [0.25, 0.3) is 0 Å². The van der Waals surface area contributed by atoms with Crippen LogP contribution in [-0.4, -0.2) is 84.6 Å². The van der Waals surface area contributed by atoms with Gasteiger partial charge in [0.25, 0.3) is 0 Å². The fourth-order valence-corrected chi connectivity index (χ4v) is 6.63. The Bertz CT molecular complexity index is 528. The van der Waals surface area contributed by atoms with Crippen molar-refractivity contribution < 1.29 is 0 Å². The zero-order chi connectivity index (χ0) is 15.8. The first-order valence-electron chi connectivity index (χ1n) is 10.2. The van der Waals surface area contributed by atoms with Crippen molar-refractivity contribution in [3.63, 3.8) is 0 Å². The normalized spacial score (nSPS) is 50.5. The predicted octanol–water partition coefficient (Wildman–Crippen LogP) is -0.760. The third-order valence-electron chi connectivity index (χ3n) is 8.29. The Kier molecular flexibility index (Phi) is 3.06. The molecule has 6 fully saturated rings. The van der Waals surface area contributed by atoms with E-state index >= 15 is 0 Å². The first-order valence-corrected chi connectivity index (χ1v) is 10.2. The molecule has 24 heavy (non-hydrogen) atoms. The Hall–Kier alpha value is -0.240. The predicted molar refractivity (Wildman–Crippen MR) is 93.8 cm³/mol. The second-order valence-corrected chi connectivity index (χ2v) is 9.40.